The second-order valence-corrected chi connectivity index (χ2v) is 6.05. The molecule has 0 saturated carbocycles. The number of hydrogen-bond donors (Lipinski definition) is 1. The molecule has 1 N–H and O–H groups in total. The topological polar surface area (TPSA) is 59.4 Å². The fourth-order valence-electron chi connectivity index (χ4n) is 3.72. The highest BCUT2D eigenvalue weighted by molar-refractivity contribution is 5.45. The molecule has 0 aliphatic carbocycles. The molecule has 2 aromatic heterocycles. The molecule has 0 amide bonds. The molecule has 0 aromatic carbocycles. The molecule has 4 heterocycles. The Balaban J connectivity index is 1.95. The highest BCUT2D eigenvalue weighted by atomic mass is 16.5. The van der Waals surface area contributed by atoms with Crippen molar-refractivity contribution in [2.45, 2.75) is 50.7 Å². The van der Waals surface area contributed by atoms with E-state index in [1.165, 1.54) is 0 Å². The van der Waals surface area contributed by atoms with E-state index in [-0.39, 0.29) is 17.1 Å². The van der Waals surface area contributed by atoms with Gasteiger partial charge in [-0.25, -0.2) is 4.98 Å². The van der Waals surface area contributed by atoms with Gasteiger partial charge in [0, 0.05) is 11.9 Å². The summed E-state index contributed by atoms with van der Waals surface area (Å²) in [5.74, 6) is 0.962. The van der Waals surface area contributed by atoms with Gasteiger partial charge in [0.15, 0.2) is 0 Å². The van der Waals surface area contributed by atoms with Crippen molar-refractivity contribution >= 4 is 5.52 Å². The second kappa shape index (κ2) is 3.48. The number of rotatable bonds is 1. The van der Waals surface area contributed by atoms with E-state index >= 15 is 0 Å². The van der Waals surface area contributed by atoms with E-state index in [9.17, 15) is 4.79 Å². The minimum Gasteiger partial charge on any atom is -0.374 e. The summed E-state index contributed by atoms with van der Waals surface area (Å²) in [7, 11) is 0. The standard InChI is InChI=1S/C14H17N3O2/c1-8-7-17-10(12(18)16-8)6-15-13(17)14(2)5-9-3-4-11(14)19-9/h6-7,9,11H,3-5H2,1-2H3,(H,16,18)/t9-,11+,14-/m0/s1. The van der Waals surface area contributed by atoms with Gasteiger partial charge < -0.3 is 9.72 Å². The number of aryl methyl sites for hydroxylation is 1. The van der Waals surface area contributed by atoms with Gasteiger partial charge >= 0.3 is 0 Å². The van der Waals surface area contributed by atoms with Crippen LogP contribution >= 0.6 is 0 Å². The number of H-pyrrole nitrogens is 1. The maximum atomic E-state index is 11.9. The van der Waals surface area contributed by atoms with Crippen molar-refractivity contribution in [3.63, 3.8) is 0 Å². The van der Waals surface area contributed by atoms with Gasteiger partial charge in [-0.3, -0.25) is 9.20 Å². The van der Waals surface area contributed by atoms with Crippen LogP contribution in [-0.2, 0) is 10.2 Å². The number of hydrogen-bond acceptors (Lipinski definition) is 3. The van der Waals surface area contributed by atoms with Crippen molar-refractivity contribution in [2.75, 3.05) is 0 Å². The molecule has 2 aliphatic heterocycles. The summed E-state index contributed by atoms with van der Waals surface area (Å²) < 4.78 is 7.92. The molecule has 5 heteroatoms. The summed E-state index contributed by atoms with van der Waals surface area (Å²) in [6.45, 7) is 4.10. The fourth-order valence-corrected chi connectivity index (χ4v) is 3.72. The van der Waals surface area contributed by atoms with Gasteiger partial charge in [-0.05, 0) is 33.1 Å². The number of aromatic amines is 1. The van der Waals surface area contributed by atoms with Crippen LogP contribution in [0.15, 0.2) is 17.2 Å². The second-order valence-electron chi connectivity index (χ2n) is 6.05. The first-order valence-electron chi connectivity index (χ1n) is 6.81. The number of fused-ring (bicyclic) bond motifs is 3. The lowest BCUT2D eigenvalue weighted by molar-refractivity contribution is 0.0859. The Morgan fingerprint density at radius 3 is 3.05 bits per heavy atom. The van der Waals surface area contributed by atoms with Crippen molar-refractivity contribution in [2.24, 2.45) is 0 Å². The molecule has 4 rings (SSSR count). The Bertz CT molecular complexity index is 717. The molecule has 2 saturated heterocycles. The van der Waals surface area contributed by atoms with E-state index in [2.05, 4.69) is 16.9 Å². The monoisotopic (exact) mass is 259 g/mol. The number of imidazole rings is 1. The van der Waals surface area contributed by atoms with Gasteiger partial charge in [-0.1, -0.05) is 0 Å². The third-order valence-electron chi connectivity index (χ3n) is 4.64. The van der Waals surface area contributed by atoms with Crippen LogP contribution in [0, 0.1) is 6.92 Å². The van der Waals surface area contributed by atoms with E-state index in [1.807, 2.05) is 17.5 Å². The average molecular weight is 259 g/mol. The average Bonchev–Trinajstić information content (AvgIpc) is 3.00. The van der Waals surface area contributed by atoms with Gasteiger partial charge in [0.1, 0.15) is 11.3 Å². The Morgan fingerprint density at radius 2 is 2.37 bits per heavy atom. The van der Waals surface area contributed by atoms with Crippen molar-refractivity contribution in [1.82, 2.24) is 14.4 Å². The Labute approximate surface area is 110 Å². The zero-order valence-corrected chi connectivity index (χ0v) is 11.1. The van der Waals surface area contributed by atoms with Gasteiger partial charge in [-0.2, -0.15) is 0 Å². The highest BCUT2D eigenvalue weighted by Gasteiger charge is 2.52. The maximum Gasteiger partial charge on any atom is 0.274 e. The molecular formula is C14H17N3O2. The molecule has 19 heavy (non-hydrogen) atoms. The van der Waals surface area contributed by atoms with Crippen LogP contribution in [0.2, 0.25) is 0 Å². The van der Waals surface area contributed by atoms with Crippen molar-refractivity contribution < 1.29 is 4.74 Å². The zero-order chi connectivity index (χ0) is 13.2. The molecule has 3 atom stereocenters. The van der Waals surface area contributed by atoms with Crippen LogP contribution in [0.3, 0.4) is 0 Å². The first-order valence-corrected chi connectivity index (χ1v) is 6.81. The quantitative estimate of drug-likeness (QED) is 0.845. The summed E-state index contributed by atoms with van der Waals surface area (Å²) in [5, 5.41) is 0. The molecule has 100 valence electrons. The fraction of sp³-hybridized carbons (Fsp3) is 0.571. The Morgan fingerprint density at radius 1 is 1.53 bits per heavy atom. The van der Waals surface area contributed by atoms with E-state index in [1.54, 1.807) is 6.20 Å². The molecule has 2 fully saturated rings. The first kappa shape index (κ1) is 11.2. The lowest BCUT2D eigenvalue weighted by atomic mass is 9.75. The van der Waals surface area contributed by atoms with Gasteiger partial charge in [0.25, 0.3) is 5.56 Å². The summed E-state index contributed by atoms with van der Waals surface area (Å²) in [6.07, 6.45) is 7.48. The van der Waals surface area contributed by atoms with Crippen molar-refractivity contribution in [3.05, 3.63) is 34.3 Å². The van der Waals surface area contributed by atoms with E-state index in [4.69, 9.17) is 4.74 Å². The van der Waals surface area contributed by atoms with Crippen LogP contribution in [0.4, 0.5) is 0 Å². The maximum absolute atomic E-state index is 11.9. The normalized spacial score (nSPS) is 33.4. The predicted octanol–water partition coefficient (Wildman–Crippen LogP) is 1.54. The van der Waals surface area contributed by atoms with E-state index in [0.29, 0.717) is 11.6 Å². The Kier molecular flexibility index (Phi) is 2.05. The lowest BCUT2D eigenvalue weighted by Gasteiger charge is -2.29. The summed E-state index contributed by atoms with van der Waals surface area (Å²) in [6, 6.07) is 0. The smallest absolute Gasteiger partial charge is 0.274 e. The van der Waals surface area contributed by atoms with Crippen LogP contribution < -0.4 is 5.56 Å². The molecule has 2 bridgehead atoms. The van der Waals surface area contributed by atoms with E-state index < -0.39 is 0 Å². The number of nitrogens with one attached hydrogen (secondary N) is 1. The summed E-state index contributed by atoms with van der Waals surface area (Å²) >= 11 is 0. The van der Waals surface area contributed by atoms with Crippen LogP contribution in [0.1, 0.15) is 37.7 Å². The molecule has 5 nitrogen and oxygen atoms in total. The molecule has 0 spiro atoms. The van der Waals surface area contributed by atoms with Gasteiger partial charge in [0.2, 0.25) is 0 Å². The minimum absolute atomic E-state index is 0.0738. The van der Waals surface area contributed by atoms with Crippen molar-refractivity contribution in [3.8, 4) is 0 Å². The third kappa shape index (κ3) is 1.39. The number of ether oxygens (including phenoxy) is 1. The number of nitrogens with zero attached hydrogens (tertiary/aromatic N) is 2. The Hall–Kier alpha value is -1.62. The molecule has 0 unspecified atom stereocenters. The summed E-state index contributed by atoms with van der Waals surface area (Å²) in [5.41, 5.74) is 1.32. The van der Waals surface area contributed by atoms with Crippen LogP contribution in [-0.4, -0.2) is 26.6 Å². The van der Waals surface area contributed by atoms with Gasteiger partial charge in [-0.15, -0.1) is 0 Å². The number of aromatic nitrogens is 3. The van der Waals surface area contributed by atoms with Crippen LogP contribution in [0.25, 0.3) is 5.52 Å². The first-order chi connectivity index (χ1) is 9.08. The predicted molar refractivity (Wildman–Crippen MR) is 70.4 cm³/mol. The third-order valence-corrected chi connectivity index (χ3v) is 4.64. The minimum atomic E-state index is -0.0774. The van der Waals surface area contributed by atoms with Crippen LogP contribution in [0.5, 0.6) is 0 Å². The molecule has 0 radical (unpaired) electrons. The molecule has 2 aromatic rings. The zero-order valence-electron chi connectivity index (χ0n) is 11.1. The van der Waals surface area contributed by atoms with E-state index in [0.717, 1.165) is 30.8 Å². The van der Waals surface area contributed by atoms with Gasteiger partial charge in [0.05, 0.1) is 23.8 Å². The SMILES string of the molecule is Cc1cn2c([C@@]3(C)C[C@@H]4CC[C@H]3O4)ncc2c(=O)[nH]1. The lowest BCUT2D eigenvalue weighted by Crippen LogP contribution is -2.36. The molecule has 2 aliphatic rings. The molecular weight excluding hydrogens is 242 g/mol. The largest absolute Gasteiger partial charge is 0.374 e. The summed E-state index contributed by atoms with van der Waals surface area (Å²) in [4.78, 5) is 19.3. The van der Waals surface area contributed by atoms with Crippen molar-refractivity contribution in [1.29, 1.82) is 0 Å². The highest BCUT2D eigenvalue weighted by Crippen LogP contribution is 2.48.